The number of aromatic carboxylic acids is 2. The molecule has 172 valence electrons. The predicted octanol–water partition coefficient (Wildman–Crippen LogP) is 5.10. The van der Waals surface area contributed by atoms with Crippen molar-refractivity contribution in [1.29, 1.82) is 0 Å². The molecule has 0 saturated heterocycles. The van der Waals surface area contributed by atoms with E-state index in [2.05, 4.69) is 0 Å². The zero-order valence-corrected chi connectivity index (χ0v) is 19.1. The Hall–Kier alpha value is -2.70. The molecule has 0 aliphatic heterocycles. The van der Waals surface area contributed by atoms with Gasteiger partial charge in [0.05, 0.1) is 22.3 Å². The molecule has 2 aromatic carbocycles. The molecular formula is C25H36O6. The van der Waals surface area contributed by atoms with Crippen LogP contribution in [0.1, 0.15) is 74.6 Å². The highest BCUT2D eigenvalue weighted by molar-refractivity contribution is 5.87. The molecule has 0 amide bonds. The van der Waals surface area contributed by atoms with Crippen LogP contribution < -0.4 is 0 Å². The second-order valence-electron chi connectivity index (χ2n) is 7.88. The van der Waals surface area contributed by atoms with Crippen LogP contribution >= 0.6 is 0 Å². The summed E-state index contributed by atoms with van der Waals surface area (Å²) >= 11 is 0. The minimum Gasteiger partial charge on any atom is -0.478 e. The molecule has 2 unspecified atom stereocenters. The van der Waals surface area contributed by atoms with Crippen LogP contribution in [0.2, 0.25) is 0 Å². The topological polar surface area (TPSA) is 115 Å². The fourth-order valence-corrected chi connectivity index (χ4v) is 3.04. The highest BCUT2D eigenvalue weighted by Gasteiger charge is 2.44. The number of carboxylic acids is 2. The van der Waals surface area contributed by atoms with Crippen molar-refractivity contribution in [2.24, 2.45) is 5.92 Å². The van der Waals surface area contributed by atoms with Gasteiger partial charge in [0.1, 0.15) is 0 Å². The van der Waals surface area contributed by atoms with Gasteiger partial charge in [0, 0.05) is 0 Å². The van der Waals surface area contributed by atoms with Gasteiger partial charge in [-0.2, -0.15) is 0 Å². The van der Waals surface area contributed by atoms with Crippen LogP contribution in [0.15, 0.2) is 60.7 Å². The second-order valence-corrected chi connectivity index (χ2v) is 7.88. The lowest BCUT2D eigenvalue weighted by atomic mass is 9.72. The molecule has 0 saturated carbocycles. The third-order valence-corrected chi connectivity index (χ3v) is 5.16. The van der Waals surface area contributed by atoms with E-state index in [1.54, 1.807) is 74.5 Å². The summed E-state index contributed by atoms with van der Waals surface area (Å²) in [4.78, 5) is 20.4. The highest BCUT2D eigenvalue weighted by Crippen LogP contribution is 2.35. The summed E-state index contributed by atoms with van der Waals surface area (Å²) in [5, 5.41) is 37.1. The van der Waals surface area contributed by atoms with Gasteiger partial charge < -0.3 is 20.4 Å². The Morgan fingerprint density at radius 2 is 1.16 bits per heavy atom. The zero-order chi connectivity index (χ0) is 24.1. The van der Waals surface area contributed by atoms with Gasteiger partial charge in [-0.15, -0.1) is 0 Å². The standard InChI is InChI=1S/C11H24O2.2C7H6O2/c1-6-8-11(13,9(3)7-2)10(4,5)12;2*8-7(9)6-4-2-1-3-5-6/h9,12-13H,6-8H2,1-5H3;2*1-5H,(H,8,9). The maximum absolute atomic E-state index is 10.4. The van der Waals surface area contributed by atoms with Crippen LogP contribution in [-0.2, 0) is 0 Å². The van der Waals surface area contributed by atoms with Gasteiger partial charge in [-0.1, -0.05) is 70.0 Å². The summed E-state index contributed by atoms with van der Waals surface area (Å²) in [5.41, 5.74) is -1.30. The number of carbonyl (C=O) groups is 2. The number of hydrogen-bond acceptors (Lipinski definition) is 4. The fraction of sp³-hybridized carbons (Fsp3) is 0.440. The molecule has 0 spiro atoms. The van der Waals surface area contributed by atoms with Crippen molar-refractivity contribution in [2.45, 2.75) is 65.1 Å². The SMILES string of the molecule is CCCC(O)(C(C)CC)C(C)(C)O.O=C(O)c1ccccc1.O=C(O)c1ccccc1. The summed E-state index contributed by atoms with van der Waals surface area (Å²) in [6, 6.07) is 16.6. The lowest BCUT2D eigenvalue weighted by Gasteiger charge is -2.43. The molecular weight excluding hydrogens is 396 g/mol. The van der Waals surface area contributed by atoms with Crippen LogP contribution in [-0.4, -0.2) is 43.6 Å². The summed E-state index contributed by atoms with van der Waals surface area (Å²) in [7, 11) is 0. The monoisotopic (exact) mass is 432 g/mol. The van der Waals surface area contributed by atoms with Crippen molar-refractivity contribution >= 4 is 11.9 Å². The van der Waals surface area contributed by atoms with E-state index in [1.165, 1.54) is 0 Å². The van der Waals surface area contributed by atoms with Crippen LogP contribution in [0.4, 0.5) is 0 Å². The van der Waals surface area contributed by atoms with Crippen molar-refractivity contribution in [3.63, 3.8) is 0 Å². The van der Waals surface area contributed by atoms with Gasteiger partial charge in [0.25, 0.3) is 0 Å². The molecule has 4 N–H and O–H groups in total. The summed E-state index contributed by atoms with van der Waals surface area (Å²) in [5.74, 6) is -1.63. The molecule has 2 atom stereocenters. The summed E-state index contributed by atoms with van der Waals surface area (Å²) in [6.07, 6.45) is 2.44. The predicted molar refractivity (Wildman–Crippen MR) is 122 cm³/mol. The van der Waals surface area contributed by atoms with E-state index in [-0.39, 0.29) is 5.92 Å². The largest absolute Gasteiger partial charge is 0.478 e. The first kappa shape index (κ1) is 28.3. The Morgan fingerprint density at radius 1 is 0.806 bits per heavy atom. The van der Waals surface area contributed by atoms with Crippen molar-refractivity contribution in [3.05, 3.63) is 71.8 Å². The van der Waals surface area contributed by atoms with Crippen LogP contribution in [0.5, 0.6) is 0 Å². The van der Waals surface area contributed by atoms with E-state index >= 15 is 0 Å². The molecule has 0 aliphatic carbocycles. The molecule has 31 heavy (non-hydrogen) atoms. The van der Waals surface area contributed by atoms with Crippen LogP contribution in [0.3, 0.4) is 0 Å². The Morgan fingerprint density at radius 3 is 1.35 bits per heavy atom. The molecule has 2 aromatic rings. The minimum atomic E-state index is -1.02. The normalized spacial score (nSPS) is 13.4. The Labute approximate surface area is 185 Å². The van der Waals surface area contributed by atoms with Gasteiger partial charge in [0.15, 0.2) is 0 Å². The molecule has 0 radical (unpaired) electrons. The van der Waals surface area contributed by atoms with Crippen LogP contribution in [0, 0.1) is 5.92 Å². The maximum atomic E-state index is 10.4. The van der Waals surface area contributed by atoms with Gasteiger partial charge in [-0.25, -0.2) is 9.59 Å². The first-order valence-electron chi connectivity index (χ1n) is 10.4. The number of carboxylic acid groups (broad SMARTS) is 2. The van der Waals surface area contributed by atoms with E-state index in [1.807, 2.05) is 20.8 Å². The molecule has 0 aliphatic rings. The summed E-state index contributed by atoms with van der Waals surface area (Å²) < 4.78 is 0. The van der Waals surface area contributed by atoms with Gasteiger partial charge in [0.2, 0.25) is 0 Å². The summed E-state index contributed by atoms with van der Waals surface area (Å²) in [6.45, 7) is 9.44. The van der Waals surface area contributed by atoms with Crippen LogP contribution in [0.25, 0.3) is 0 Å². The lowest BCUT2D eigenvalue weighted by Crippen LogP contribution is -2.54. The number of hydrogen-bond donors (Lipinski definition) is 4. The number of rotatable bonds is 7. The average Bonchev–Trinajstić information content (AvgIpc) is 2.74. The van der Waals surface area contributed by atoms with E-state index in [4.69, 9.17) is 10.2 Å². The first-order chi connectivity index (χ1) is 14.4. The fourth-order valence-electron chi connectivity index (χ4n) is 3.04. The van der Waals surface area contributed by atoms with E-state index in [0.29, 0.717) is 17.5 Å². The smallest absolute Gasteiger partial charge is 0.335 e. The molecule has 2 rings (SSSR count). The molecule has 0 fully saturated rings. The molecule has 0 bridgehead atoms. The third-order valence-electron chi connectivity index (χ3n) is 5.16. The molecule has 0 heterocycles. The zero-order valence-electron chi connectivity index (χ0n) is 19.1. The maximum Gasteiger partial charge on any atom is 0.335 e. The number of benzene rings is 2. The Kier molecular flexibility index (Phi) is 12.4. The lowest BCUT2D eigenvalue weighted by molar-refractivity contribution is -0.165. The van der Waals surface area contributed by atoms with Gasteiger partial charge >= 0.3 is 11.9 Å². The Balaban J connectivity index is 0.000000445. The molecule has 0 aromatic heterocycles. The highest BCUT2D eigenvalue weighted by atomic mass is 16.4. The van der Waals surface area contributed by atoms with E-state index in [9.17, 15) is 19.8 Å². The van der Waals surface area contributed by atoms with E-state index < -0.39 is 23.1 Å². The van der Waals surface area contributed by atoms with Gasteiger partial charge in [-0.3, -0.25) is 0 Å². The quantitative estimate of drug-likeness (QED) is 0.484. The van der Waals surface area contributed by atoms with Crippen molar-refractivity contribution in [2.75, 3.05) is 0 Å². The minimum absolute atomic E-state index is 0.132. The van der Waals surface area contributed by atoms with Crippen molar-refractivity contribution in [3.8, 4) is 0 Å². The molecule has 6 nitrogen and oxygen atoms in total. The second kappa shape index (κ2) is 13.6. The number of aliphatic hydroxyl groups is 2. The third kappa shape index (κ3) is 9.77. The van der Waals surface area contributed by atoms with E-state index in [0.717, 1.165) is 12.8 Å². The molecule has 6 heteroatoms. The van der Waals surface area contributed by atoms with Crippen molar-refractivity contribution < 1.29 is 30.0 Å². The van der Waals surface area contributed by atoms with Crippen molar-refractivity contribution in [1.82, 2.24) is 0 Å². The van der Waals surface area contributed by atoms with Gasteiger partial charge in [-0.05, 0) is 50.5 Å². The Bertz CT molecular complexity index is 718. The average molecular weight is 433 g/mol. The first-order valence-corrected chi connectivity index (χ1v) is 10.4.